The summed E-state index contributed by atoms with van der Waals surface area (Å²) < 4.78 is 28.4. The quantitative estimate of drug-likeness (QED) is 0.477. The molecule has 0 aliphatic carbocycles. The number of nitrogens with one attached hydrogen (secondary N) is 1. The van der Waals surface area contributed by atoms with Gasteiger partial charge in [0.15, 0.2) is 0 Å². The topological polar surface area (TPSA) is 86.8 Å². The summed E-state index contributed by atoms with van der Waals surface area (Å²) in [5, 5.41) is 2.88. The minimum atomic E-state index is -3.97. The van der Waals surface area contributed by atoms with Gasteiger partial charge in [-0.15, -0.1) is 0 Å². The highest BCUT2D eigenvalue weighted by Crippen LogP contribution is 2.28. The van der Waals surface area contributed by atoms with Crippen molar-refractivity contribution in [2.24, 2.45) is 0 Å². The molecule has 0 spiro atoms. The summed E-state index contributed by atoms with van der Waals surface area (Å²) in [6.45, 7) is 4.84. The number of rotatable bonds is 9. The largest absolute Gasteiger partial charge is 0.350 e. The summed E-state index contributed by atoms with van der Waals surface area (Å²) in [4.78, 5) is 27.1. The molecule has 3 aromatic rings. The van der Waals surface area contributed by atoms with Crippen LogP contribution in [0.15, 0.2) is 77.7 Å². The van der Waals surface area contributed by atoms with Gasteiger partial charge in [-0.25, -0.2) is 8.42 Å². The molecule has 1 saturated heterocycles. The van der Waals surface area contributed by atoms with Crippen molar-refractivity contribution in [2.45, 2.75) is 44.7 Å². The summed E-state index contributed by atoms with van der Waals surface area (Å²) >= 11 is 0. The lowest BCUT2D eigenvalue weighted by Gasteiger charge is -2.26. The summed E-state index contributed by atoms with van der Waals surface area (Å²) in [5.41, 5.74) is 4.00. The van der Waals surface area contributed by atoms with Gasteiger partial charge in [-0.3, -0.25) is 13.9 Å². The Hall–Kier alpha value is -3.65. The fraction of sp³-hybridized carbons (Fsp3) is 0.286. The maximum absolute atomic E-state index is 13.6. The number of hydrogen-bond donors (Lipinski definition) is 1. The summed E-state index contributed by atoms with van der Waals surface area (Å²) in [6.07, 6.45) is 1.44. The fourth-order valence-electron chi connectivity index (χ4n) is 4.35. The van der Waals surface area contributed by atoms with Crippen molar-refractivity contribution < 1.29 is 18.0 Å². The van der Waals surface area contributed by atoms with E-state index in [0.717, 1.165) is 35.2 Å². The van der Waals surface area contributed by atoms with E-state index in [2.05, 4.69) is 5.32 Å². The van der Waals surface area contributed by atoms with Gasteiger partial charge in [0.05, 0.1) is 10.6 Å². The smallest absolute Gasteiger partial charge is 0.264 e. The van der Waals surface area contributed by atoms with Crippen LogP contribution in [0.3, 0.4) is 0 Å². The number of likely N-dealkylation sites (tertiary alicyclic amines) is 1. The highest BCUT2D eigenvalue weighted by molar-refractivity contribution is 7.92. The number of nitrogens with zero attached hydrogens (tertiary/aromatic N) is 2. The minimum absolute atomic E-state index is 0.124. The van der Waals surface area contributed by atoms with E-state index in [1.165, 1.54) is 16.4 Å². The van der Waals surface area contributed by atoms with Crippen molar-refractivity contribution in [1.29, 1.82) is 0 Å². The molecule has 1 heterocycles. The SMILES string of the molecule is Cc1ccc(C)c(N(CC(=O)NCc2ccccc2CN2CCCC2=O)S(=O)(=O)c2ccccc2)c1. The number of hydrogen-bond acceptors (Lipinski definition) is 4. The maximum atomic E-state index is 13.6. The first-order chi connectivity index (χ1) is 17.3. The van der Waals surface area contributed by atoms with Crippen LogP contribution in [0.5, 0.6) is 0 Å². The molecular formula is C28H31N3O4S. The van der Waals surface area contributed by atoms with Crippen LogP contribution < -0.4 is 9.62 Å². The second-order valence-corrected chi connectivity index (χ2v) is 10.9. The molecule has 3 aromatic carbocycles. The van der Waals surface area contributed by atoms with Gasteiger partial charge in [0.1, 0.15) is 6.54 Å². The Morgan fingerprint density at radius 3 is 2.36 bits per heavy atom. The molecule has 7 nitrogen and oxygen atoms in total. The predicted octanol–water partition coefficient (Wildman–Crippen LogP) is 3.94. The van der Waals surface area contributed by atoms with Crippen LogP contribution in [0.25, 0.3) is 0 Å². The number of anilines is 1. The molecule has 0 atom stereocenters. The molecule has 1 N–H and O–H groups in total. The van der Waals surface area contributed by atoms with Gasteiger partial charge in [-0.05, 0) is 60.7 Å². The number of carbonyl (C=O) groups excluding carboxylic acids is 2. The molecule has 2 amide bonds. The molecule has 0 bridgehead atoms. The average Bonchev–Trinajstić information content (AvgIpc) is 3.28. The molecule has 1 aliphatic rings. The van der Waals surface area contributed by atoms with E-state index in [4.69, 9.17) is 0 Å². The predicted molar refractivity (Wildman–Crippen MR) is 140 cm³/mol. The lowest BCUT2D eigenvalue weighted by molar-refractivity contribution is -0.128. The molecular weight excluding hydrogens is 474 g/mol. The molecule has 0 radical (unpaired) electrons. The van der Waals surface area contributed by atoms with Gasteiger partial charge in [0.25, 0.3) is 10.0 Å². The number of sulfonamides is 1. The van der Waals surface area contributed by atoms with Crippen molar-refractivity contribution in [3.63, 3.8) is 0 Å². The van der Waals surface area contributed by atoms with Crippen molar-refractivity contribution in [3.05, 3.63) is 95.1 Å². The highest BCUT2D eigenvalue weighted by Gasteiger charge is 2.28. The normalized spacial score (nSPS) is 13.6. The highest BCUT2D eigenvalue weighted by atomic mass is 32.2. The third kappa shape index (κ3) is 5.76. The van der Waals surface area contributed by atoms with Gasteiger partial charge in [-0.1, -0.05) is 54.6 Å². The van der Waals surface area contributed by atoms with Crippen LogP contribution in [0, 0.1) is 13.8 Å². The first kappa shape index (κ1) is 25.4. The van der Waals surface area contributed by atoms with E-state index in [1.807, 2.05) is 55.1 Å². The van der Waals surface area contributed by atoms with Gasteiger partial charge < -0.3 is 10.2 Å². The number of carbonyl (C=O) groups is 2. The Morgan fingerprint density at radius 1 is 0.972 bits per heavy atom. The van der Waals surface area contributed by atoms with Crippen LogP contribution in [-0.4, -0.2) is 38.2 Å². The van der Waals surface area contributed by atoms with Crippen LogP contribution in [-0.2, 0) is 32.7 Å². The van der Waals surface area contributed by atoms with Crippen LogP contribution in [0.4, 0.5) is 5.69 Å². The van der Waals surface area contributed by atoms with Gasteiger partial charge in [0, 0.05) is 26.1 Å². The summed E-state index contributed by atoms with van der Waals surface area (Å²) in [7, 11) is -3.97. The van der Waals surface area contributed by atoms with E-state index in [0.29, 0.717) is 18.7 Å². The molecule has 188 valence electrons. The first-order valence-corrected chi connectivity index (χ1v) is 13.5. The Labute approximate surface area is 212 Å². The Morgan fingerprint density at radius 2 is 1.67 bits per heavy atom. The van der Waals surface area contributed by atoms with Crippen molar-refractivity contribution in [3.8, 4) is 0 Å². The van der Waals surface area contributed by atoms with Gasteiger partial charge in [0.2, 0.25) is 11.8 Å². The molecule has 8 heteroatoms. The number of aryl methyl sites for hydroxylation is 2. The molecule has 4 rings (SSSR count). The maximum Gasteiger partial charge on any atom is 0.264 e. The lowest BCUT2D eigenvalue weighted by atomic mass is 10.1. The fourth-order valence-corrected chi connectivity index (χ4v) is 5.85. The molecule has 0 saturated carbocycles. The third-order valence-electron chi connectivity index (χ3n) is 6.38. The Bertz CT molecular complexity index is 1360. The standard InChI is InChI=1S/C28H31N3O4S/c1-21-14-15-22(2)26(17-21)31(36(34,35)25-11-4-3-5-12-25)20-27(32)29-18-23-9-6-7-10-24(23)19-30-16-8-13-28(30)33/h3-7,9-12,14-15,17H,8,13,16,18-20H2,1-2H3,(H,29,32). The second-order valence-electron chi connectivity index (χ2n) is 9.08. The van der Waals surface area contributed by atoms with Gasteiger partial charge in [-0.2, -0.15) is 0 Å². The zero-order valence-corrected chi connectivity index (χ0v) is 21.4. The van der Waals surface area contributed by atoms with E-state index in [9.17, 15) is 18.0 Å². The van der Waals surface area contributed by atoms with E-state index in [-0.39, 0.29) is 23.9 Å². The van der Waals surface area contributed by atoms with Gasteiger partial charge >= 0.3 is 0 Å². The van der Waals surface area contributed by atoms with E-state index < -0.39 is 15.9 Å². The van der Waals surface area contributed by atoms with Crippen LogP contribution in [0.2, 0.25) is 0 Å². The van der Waals surface area contributed by atoms with E-state index in [1.54, 1.807) is 24.3 Å². The molecule has 36 heavy (non-hydrogen) atoms. The average molecular weight is 506 g/mol. The van der Waals surface area contributed by atoms with Crippen molar-refractivity contribution in [1.82, 2.24) is 10.2 Å². The lowest BCUT2D eigenvalue weighted by Crippen LogP contribution is -2.41. The van der Waals surface area contributed by atoms with Crippen LogP contribution >= 0.6 is 0 Å². The van der Waals surface area contributed by atoms with E-state index >= 15 is 0 Å². The zero-order chi connectivity index (χ0) is 25.7. The molecule has 1 aliphatic heterocycles. The Kier molecular flexibility index (Phi) is 7.74. The Balaban J connectivity index is 1.54. The van der Waals surface area contributed by atoms with Crippen molar-refractivity contribution in [2.75, 3.05) is 17.4 Å². The molecule has 0 aromatic heterocycles. The first-order valence-electron chi connectivity index (χ1n) is 12.0. The summed E-state index contributed by atoms with van der Waals surface area (Å²) in [6, 6.07) is 21.4. The molecule has 1 fully saturated rings. The summed E-state index contributed by atoms with van der Waals surface area (Å²) in [5.74, 6) is -0.272. The number of amides is 2. The molecule has 0 unspecified atom stereocenters. The third-order valence-corrected chi connectivity index (χ3v) is 8.15. The minimum Gasteiger partial charge on any atom is -0.350 e. The second kappa shape index (κ2) is 11.0. The monoisotopic (exact) mass is 505 g/mol. The van der Waals surface area contributed by atoms with Crippen LogP contribution in [0.1, 0.15) is 35.1 Å². The zero-order valence-electron chi connectivity index (χ0n) is 20.6. The van der Waals surface area contributed by atoms with Crippen molar-refractivity contribution >= 4 is 27.5 Å². The number of benzene rings is 3.